The summed E-state index contributed by atoms with van der Waals surface area (Å²) in [6.07, 6.45) is 1.28. The lowest BCUT2D eigenvalue weighted by molar-refractivity contribution is 0.0204. The predicted molar refractivity (Wildman–Crippen MR) is 139 cm³/mol. The van der Waals surface area contributed by atoms with Crippen LogP contribution in [0.15, 0.2) is 54.6 Å². The third-order valence-electron chi connectivity index (χ3n) is 5.86. The summed E-state index contributed by atoms with van der Waals surface area (Å²) in [5, 5.41) is 0.916. The number of ether oxygens (including phenoxy) is 2. The number of carbonyl (C=O) groups excluding carboxylic acids is 2. The molecule has 0 aliphatic carbocycles. The number of esters is 1. The summed E-state index contributed by atoms with van der Waals surface area (Å²) >= 11 is 1.55. The van der Waals surface area contributed by atoms with Crippen LogP contribution in [0.25, 0.3) is 21.6 Å². The minimum atomic E-state index is -0.511. The van der Waals surface area contributed by atoms with E-state index in [9.17, 15) is 9.59 Å². The standard InChI is InChI=1S/C28H32N2O4S/c1-5-33-26(31)23-24(21-13-11-20(12-14-21)19-9-7-6-8-10-19)35-25(29-23)22-15-17-30(18-16-22)27(32)34-28(2,3)4/h6-14,22H,5,15-18H2,1-4H3. The first-order valence-corrected chi connectivity index (χ1v) is 12.9. The molecule has 6 nitrogen and oxygen atoms in total. The van der Waals surface area contributed by atoms with Gasteiger partial charge in [0.05, 0.1) is 16.5 Å². The fourth-order valence-electron chi connectivity index (χ4n) is 4.12. The van der Waals surface area contributed by atoms with E-state index >= 15 is 0 Å². The zero-order chi connectivity index (χ0) is 25.0. The van der Waals surface area contributed by atoms with Gasteiger partial charge in [0.15, 0.2) is 5.69 Å². The van der Waals surface area contributed by atoms with E-state index in [0.717, 1.165) is 39.4 Å². The van der Waals surface area contributed by atoms with Crippen molar-refractivity contribution >= 4 is 23.4 Å². The second-order valence-electron chi connectivity index (χ2n) is 9.64. The number of hydrogen-bond acceptors (Lipinski definition) is 6. The molecule has 0 unspecified atom stereocenters. The SMILES string of the molecule is CCOC(=O)c1nc(C2CCN(C(=O)OC(C)(C)C)CC2)sc1-c1ccc(-c2ccccc2)cc1. The van der Waals surface area contributed by atoms with Crippen LogP contribution in [-0.4, -0.2) is 47.2 Å². The van der Waals surface area contributed by atoms with Gasteiger partial charge < -0.3 is 14.4 Å². The quantitative estimate of drug-likeness (QED) is 0.368. The monoisotopic (exact) mass is 492 g/mol. The summed E-state index contributed by atoms with van der Waals surface area (Å²) in [5.41, 5.74) is 3.07. The summed E-state index contributed by atoms with van der Waals surface area (Å²) in [6, 6.07) is 18.4. The van der Waals surface area contributed by atoms with E-state index < -0.39 is 11.6 Å². The molecule has 0 spiro atoms. The number of amides is 1. The smallest absolute Gasteiger partial charge is 0.410 e. The van der Waals surface area contributed by atoms with Gasteiger partial charge in [0.2, 0.25) is 0 Å². The van der Waals surface area contributed by atoms with Crippen LogP contribution in [0.2, 0.25) is 0 Å². The van der Waals surface area contributed by atoms with Gasteiger partial charge in [-0.3, -0.25) is 0 Å². The van der Waals surface area contributed by atoms with Crippen molar-refractivity contribution in [3.8, 4) is 21.6 Å². The maximum Gasteiger partial charge on any atom is 0.410 e. The van der Waals surface area contributed by atoms with Crippen LogP contribution in [0.3, 0.4) is 0 Å². The highest BCUT2D eigenvalue weighted by Gasteiger charge is 2.31. The van der Waals surface area contributed by atoms with Crippen molar-refractivity contribution in [3.63, 3.8) is 0 Å². The van der Waals surface area contributed by atoms with E-state index in [0.29, 0.717) is 25.4 Å². The zero-order valence-electron chi connectivity index (χ0n) is 20.7. The lowest BCUT2D eigenvalue weighted by atomic mass is 9.98. The Kier molecular flexibility index (Phi) is 7.55. The van der Waals surface area contributed by atoms with E-state index in [1.165, 1.54) is 0 Å². The molecular formula is C28H32N2O4S. The molecule has 1 amide bonds. The highest BCUT2D eigenvalue weighted by molar-refractivity contribution is 7.15. The van der Waals surface area contributed by atoms with E-state index in [1.54, 1.807) is 23.2 Å². The van der Waals surface area contributed by atoms with Crippen LogP contribution in [0.1, 0.15) is 62.0 Å². The van der Waals surface area contributed by atoms with Gasteiger partial charge in [0, 0.05) is 19.0 Å². The Bertz CT molecular complexity index is 1160. The van der Waals surface area contributed by atoms with Gasteiger partial charge in [-0.25, -0.2) is 14.6 Å². The van der Waals surface area contributed by atoms with Crippen molar-refractivity contribution < 1.29 is 19.1 Å². The van der Waals surface area contributed by atoms with Crippen LogP contribution >= 0.6 is 11.3 Å². The molecular weight excluding hydrogens is 460 g/mol. The molecule has 2 aromatic carbocycles. The van der Waals surface area contributed by atoms with Crippen molar-refractivity contribution in [3.05, 3.63) is 65.3 Å². The van der Waals surface area contributed by atoms with Crippen molar-refractivity contribution in [2.24, 2.45) is 0 Å². The van der Waals surface area contributed by atoms with Crippen LogP contribution in [0.4, 0.5) is 4.79 Å². The molecule has 4 rings (SSSR count). The lowest BCUT2D eigenvalue weighted by Crippen LogP contribution is -2.41. The molecule has 35 heavy (non-hydrogen) atoms. The molecule has 0 saturated carbocycles. The first-order valence-electron chi connectivity index (χ1n) is 12.1. The first-order chi connectivity index (χ1) is 16.7. The topological polar surface area (TPSA) is 68.7 Å². The maximum atomic E-state index is 12.8. The molecule has 184 valence electrons. The van der Waals surface area contributed by atoms with Crippen LogP contribution in [-0.2, 0) is 9.47 Å². The van der Waals surface area contributed by atoms with Gasteiger partial charge in [-0.1, -0.05) is 54.6 Å². The highest BCUT2D eigenvalue weighted by atomic mass is 32.1. The number of thiazole rings is 1. The van der Waals surface area contributed by atoms with E-state index in [4.69, 9.17) is 14.5 Å². The molecule has 0 atom stereocenters. The summed E-state index contributed by atoms with van der Waals surface area (Å²) in [7, 11) is 0. The third kappa shape index (κ3) is 6.09. The van der Waals surface area contributed by atoms with Crippen LogP contribution in [0.5, 0.6) is 0 Å². The molecule has 1 aliphatic rings. The van der Waals surface area contributed by atoms with Crippen molar-refractivity contribution in [2.45, 2.75) is 52.1 Å². The van der Waals surface area contributed by atoms with E-state index in [2.05, 4.69) is 24.3 Å². The summed E-state index contributed by atoms with van der Waals surface area (Å²) in [4.78, 5) is 32.5. The predicted octanol–water partition coefficient (Wildman–Crippen LogP) is 6.77. The Hall–Kier alpha value is -3.19. The van der Waals surface area contributed by atoms with Crippen molar-refractivity contribution in [1.82, 2.24) is 9.88 Å². The Morgan fingerprint density at radius 2 is 1.57 bits per heavy atom. The fourth-order valence-corrected chi connectivity index (χ4v) is 5.35. The van der Waals surface area contributed by atoms with Gasteiger partial charge in [-0.2, -0.15) is 0 Å². The molecule has 3 aromatic rings. The number of hydrogen-bond donors (Lipinski definition) is 0. The average Bonchev–Trinajstić information content (AvgIpc) is 3.30. The molecule has 0 N–H and O–H groups in total. The number of piperidine rings is 1. The van der Waals surface area contributed by atoms with E-state index in [-0.39, 0.29) is 12.0 Å². The second-order valence-corrected chi connectivity index (χ2v) is 10.7. The largest absolute Gasteiger partial charge is 0.461 e. The first kappa shape index (κ1) is 24.9. The molecule has 2 heterocycles. The summed E-state index contributed by atoms with van der Waals surface area (Å²) < 4.78 is 10.8. The number of aromatic nitrogens is 1. The molecule has 1 aromatic heterocycles. The minimum Gasteiger partial charge on any atom is -0.461 e. The number of benzene rings is 2. The molecule has 1 aliphatic heterocycles. The Morgan fingerprint density at radius 1 is 0.971 bits per heavy atom. The van der Waals surface area contributed by atoms with E-state index in [1.807, 2.05) is 51.1 Å². The number of likely N-dealkylation sites (tertiary alicyclic amines) is 1. The number of rotatable bonds is 5. The molecule has 0 bridgehead atoms. The highest BCUT2D eigenvalue weighted by Crippen LogP contribution is 2.38. The Balaban J connectivity index is 1.55. The molecule has 7 heteroatoms. The van der Waals surface area contributed by atoms with Gasteiger partial charge in [-0.05, 0) is 57.2 Å². The number of carbonyl (C=O) groups is 2. The average molecular weight is 493 g/mol. The zero-order valence-corrected chi connectivity index (χ0v) is 21.6. The fraction of sp³-hybridized carbons (Fsp3) is 0.393. The Morgan fingerprint density at radius 3 is 2.17 bits per heavy atom. The normalized spacial score (nSPS) is 14.6. The minimum absolute atomic E-state index is 0.184. The van der Waals surface area contributed by atoms with Crippen LogP contribution < -0.4 is 0 Å². The van der Waals surface area contributed by atoms with Crippen molar-refractivity contribution in [1.29, 1.82) is 0 Å². The molecule has 1 fully saturated rings. The van der Waals surface area contributed by atoms with Gasteiger partial charge >= 0.3 is 12.1 Å². The maximum absolute atomic E-state index is 12.8. The summed E-state index contributed by atoms with van der Waals surface area (Å²) in [5.74, 6) is -0.215. The summed E-state index contributed by atoms with van der Waals surface area (Å²) in [6.45, 7) is 8.93. The molecule has 0 radical (unpaired) electrons. The van der Waals surface area contributed by atoms with Gasteiger partial charge in [0.1, 0.15) is 5.60 Å². The third-order valence-corrected chi connectivity index (χ3v) is 7.13. The Labute approximate surface area is 210 Å². The lowest BCUT2D eigenvalue weighted by Gasteiger charge is -2.32. The second kappa shape index (κ2) is 10.6. The number of nitrogens with zero attached hydrogens (tertiary/aromatic N) is 2. The van der Waals surface area contributed by atoms with Gasteiger partial charge in [0.25, 0.3) is 0 Å². The molecule has 1 saturated heterocycles. The van der Waals surface area contributed by atoms with Gasteiger partial charge in [-0.15, -0.1) is 11.3 Å². The van der Waals surface area contributed by atoms with Crippen LogP contribution in [0, 0.1) is 0 Å². The van der Waals surface area contributed by atoms with Crippen molar-refractivity contribution in [2.75, 3.05) is 19.7 Å².